The number of amides is 1. The number of hydrogen-bond donors (Lipinski definition) is 1. The van der Waals surface area contributed by atoms with Crippen molar-refractivity contribution in [2.24, 2.45) is 5.92 Å². The summed E-state index contributed by atoms with van der Waals surface area (Å²) in [6.45, 7) is 4.54. The third-order valence-corrected chi connectivity index (χ3v) is 2.71. The van der Waals surface area contributed by atoms with Crippen molar-refractivity contribution < 1.29 is 19.4 Å². The number of likely N-dealkylation sites (tertiary alicyclic amines) is 1. The molecule has 0 spiro atoms. The molecule has 18 heavy (non-hydrogen) atoms. The van der Waals surface area contributed by atoms with Crippen LogP contribution in [0.5, 0.6) is 0 Å². The van der Waals surface area contributed by atoms with Crippen molar-refractivity contribution in [1.29, 1.82) is 0 Å². The number of esters is 1. The van der Waals surface area contributed by atoms with Crippen molar-refractivity contribution >= 4 is 38.9 Å². The molecule has 0 aromatic carbocycles. The Labute approximate surface area is 122 Å². The average molecular weight is 297 g/mol. The third-order valence-electron chi connectivity index (χ3n) is 2.71. The summed E-state index contributed by atoms with van der Waals surface area (Å²) in [5.74, 6) is -0.795. The first-order valence-corrected chi connectivity index (χ1v) is 5.69. The van der Waals surface area contributed by atoms with Gasteiger partial charge in [0.15, 0.2) is 0 Å². The number of rotatable bonds is 3. The van der Waals surface area contributed by atoms with Gasteiger partial charge >= 0.3 is 5.97 Å². The molecular formula is C11H23NO4S2. The molecule has 1 saturated heterocycles. The van der Waals surface area contributed by atoms with Gasteiger partial charge in [0.1, 0.15) is 6.10 Å². The first-order valence-electron chi connectivity index (χ1n) is 5.69. The molecule has 7 heteroatoms. The van der Waals surface area contributed by atoms with Gasteiger partial charge in [0.25, 0.3) is 5.91 Å². The lowest BCUT2D eigenvalue weighted by Crippen LogP contribution is -2.46. The summed E-state index contributed by atoms with van der Waals surface area (Å²) in [7, 11) is 0. The Morgan fingerprint density at radius 2 is 2.06 bits per heavy atom. The maximum absolute atomic E-state index is 11.5. The van der Waals surface area contributed by atoms with Crippen LogP contribution in [-0.2, 0) is 14.3 Å². The van der Waals surface area contributed by atoms with Crippen LogP contribution in [0.1, 0.15) is 26.7 Å². The lowest BCUT2D eigenvalue weighted by Gasteiger charge is -2.32. The van der Waals surface area contributed by atoms with Crippen molar-refractivity contribution in [2.45, 2.75) is 32.8 Å². The highest BCUT2D eigenvalue weighted by Gasteiger charge is 2.30. The second-order valence-electron chi connectivity index (χ2n) is 4.05. The highest BCUT2D eigenvalue weighted by atomic mass is 32.1. The van der Waals surface area contributed by atoms with E-state index >= 15 is 0 Å². The number of carbonyl (C=O) groups is 2. The van der Waals surface area contributed by atoms with Crippen LogP contribution in [0, 0.1) is 5.92 Å². The molecule has 108 valence electrons. The summed E-state index contributed by atoms with van der Waals surface area (Å²) < 4.78 is 4.93. The zero-order chi connectivity index (χ0) is 12.1. The van der Waals surface area contributed by atoms with Gasteiger partial charge in [-0.1, -0.05) is 0 Å². The number of nitrogens with zero attached hydrogens (tertiary/aromatic N) is 1. The molecule has 1 aliphatic rings. The summed E-state index contributed by atoms with van der Waals surface area (Å²) in [5.41, 5.74) is 0. The van der Waals surface area contributed by atoms with Crippen LogP contribution in [0.3, 0.4) is 0 Å². The summed E-state index contributed by atoms with van der Waals surface area (Å²) in [6.07, 6.45) is 0.533. The summed E-state index contributed by atoms with van der Waals surface area (Å²) in [5, 5.41) is 9.19. The van der Waals surface area contributed by atoms with Gasteiger partial charge < -0.3 is 14.7 Å². The lowest BCUT2D eigenvalue weighted by molar-refractivity contribution is -0.152. The predicted octanol–water partition coefficient (Wildman–Crippen LogP) is 0.394. The minimum Gasteiger partial charge on any atom is -0.466 e. The molecule has 0 bridgehead atoms. The van der Waals surface area contributed by atoms with Crippen LogP contribution >= 0.6 is 27.0 Å². The maximum atomic E-state index is 11.5. The highest BCUT2D eigenvalue weighted by Crippen LogP contribution is 2.18. The number of aliphatic hydroxyl groups excluding tert-OH is 1. The van der Waals surface area contributed by atoms with Crippen LogP contribution in [0.2, 0.25) is 0 Å². The van der Waals surface area contributed by atoms with Crippen molar-refractivity contribution in [1.82, 2.24) is 4.90 Å². The van der Waals surface area contributed by atoms with E-state index in [0.717, 1.165) is 12.8 Å². The fourth-order valence-corrected chi connectivity index (χ4v) is 1.89. The van der Waals surface area contributed by atoms with Crippen LogP contribution in [0.15, 0.2) is 0 Å². The monoisotopic (exact) mass is 297 g/mol. The average Bonchev–Trinajstić information content (AvgIpc) is 2.28. The van der Waals surface area contributed by atoms with Crippen molar-refractivity contribution in [3.8, 4) is 0 Å². The fourth-order valence-electron chi connectivity index (χ4n) is 1.89. The number of ether oxygens (including phenoxy) is 1. The maximum Gasteiger partial charge on any atom is 0.310 e. The molecule has 0 aromatic heterocycles. The molecule has 1 heterocycles. The van der Waals surface area contributed by atoms with E-state index in [2.05, 4.69) is 0 Å². The Morgan fingerprint density at radius 3 is 2.56 bits per heavy atom. The van der Waals surface area contributed by atoms with E-state index in [1.807, 2.05) is 0 Å². The Bertz CT molecular complexity index is 274. The van der Waals surface area contributed by atoms with Crippen molar-refractivity contribution in [2.75, 3.05) is 19.7 Å². The van der Waals surface area contributed by atoms with Crippen LogP contribution in [-0.4, -0.2) is 47.7 Å². The Hall–Kier alpha value is -0.400. The van der Waals surface area contributed by atoms with Crippen molar-refractivity contribution in [3.63, 3.8) is 0 Å². The van der Waals surface area contributed by atoms with Crippen molar-refractivity contribution in [3.05, 3.63) is 0 Å². The molecule has 0 aliphatic carbocycles. The van der Waals surface area contributed by atoms with Crippen LogP contribution in [0.4, 0.5) is 0 Å². The number of aliphatic hydroxyl groups is 1. The van der Waals surface area contributed by atoms with Gasteiger partial charge in [0.05, 0.1) is 12.5 Å². The second kappa shape index (κ2) is 9.52. The van der Waals surface area contributed by atoms with Crippen LogP contribution in [0.25, 0.3) is 0 Å². The van der Waals surface area contributed by atoms with E-state index in [-0.39, 0.29) is 44.8 Å². The zero-order valence-electron chi connectivity index (χ0n) is 10.8. The number of piperidine rings is 1. The van der Waals surface area contributed by atoms with Gasteiger partial charge in [0, 0.05) is 13.1 Å². The first-order chi connectivity index (χ1) is 7.56. The molecule has 0 unspecified atom stereocenters. The smallest absolute Gasteiger partial charge is 0.310 e. The summed E-state index contributed by atoms with van der Waals surface area (Å²) in [4.78, 5) is 24.6. The van der Waals surface area contributed by atoms with Crippen LogP contribution < -0.4 is 0 Å². The summed E-state index contributed by atoms with van der Waals surface area (Å²) >= 11 is 0. The Kier molecular flexibility index (Phi) is 10.5. The van der Waals surface area contributed by atoms with E-state index in [1.54, 1.807) is 6.92 Å². The molecule has 5 nitrogen and oxygen atoms in total. The van der Waals surface area contributed by atoms with Gasteiger partial charge in [-0.3, -0.25) is 9.59 Å². The third kappa shape index (κ3) is 5.49. The molecule has 1 aliphatic heterocycles. The number of carbonyl (C=O) groups excluding carboxylic acids is 2. The van der Waals surface area contributed by atoms with E-state index in [4.69, 9.17) is 4.74 Å². The molecule has 1 amide bonds. The lowest BCUT2D eigenvalue weighted by atomic mass is 9.98. The molecule has 0 radical (unpaired) electrons. The SMILES string of the molecule is CCOC(=O)[C@H]1CCCN(C(=O)[C@H](C)O)C1.S.S. The molecule has 1 rings (SSSR count). The van der Waals surface area contributed by atoms with E-state index in [9.17, 15) is 14.7 Å². The van der Waals surface area contributed by atoms with Gasteiger partial charge in [0.2, 0.25) is 0 Å². The molecule has 0 aromatic rings. The minimum absolute atomic E-state index is 0. The Morgan fingerprint density at radius 1 is 1.44 bits per heavy atom. The van der Waals surface area contributed by atoms with Gasteiger partial charge in [-0.05, 0) is 26.7 Å². The molecular weight excluding hydrogens is 274 g/mol. The largest absolute Gasteiger partial charge is 0.466 e. The number of hydrogen-bond acceptors (Lipinski definition) is 4. The molecule has 0 saturated carbocycles. The Balaban J connectivity index is 0. The molecule has 1 fully saturated rings. The standard InChI is InChI=1S/C11H19NO4.2H2S/c1-3-16-11(15)9-5-4-6-12(7-9)10(14)8(2)13;;/h8-9,13H,3-7H2,1-2H3;2*1H2/t8-,9-;;/m0../s1. The van der Waals surface area contributed by atoms with E-state index in [0.29, 0.717) is 19.7 Å². The normalized spacial score (nSPS) is 20.2. The molecule has 2 atom stereocenters. The van der Waals surface area contributed by atoms with E-state index in [1.165, 1.54) is 11.8 Å². The quantitative estimate of drug-likeness (QED) is 0.766. The van der Waals surface area contributed by atoms with E-state index < -0.39 is 6.10 Å². The fraction of sp³-hybridized carbons (Fsp3) is 0.818. The second-order valence-corrected chi connectivity index (χ2v) is 4.05. The minimum atomic E-state index is -0.999. The topological polar surface area (TPSA) is 66.8 Å². The first kappa shape index (κ1) is 19.9. The molecule has 1 N–H and O–H groups in total. The summed E-state index contributed by atoms with van der Waals surface area (Å²) in [6, 6.07) is 0. The van der Waals surface area contributed by atoms with Gasteiger partial charge in [-0.25, -0.2) is 0 Å². The predicted molar refractivity (Wildman–Crippen MR) is 78.4 cm³/mol. The van der Waals surface area contributed by atoms with Gasteiger partial charge in [-0.2, -0.15) is 27.0 Å². The highest BCUT2D eigenvalue weighted by molar-refractivity contribution is 7.59. The zero-order valence-corrected chi connectivity index (χ0v) is 12.8. The van der Waals surface area contributed by atoms with Gasteiger partial charge in [-0.15, -0.1) is 0 Å².